The highest BCUT2D eigenvalue weighted by Gasteiger charge is 2.36. The maximum Gasteiger partial charge on any atom is 0.334 e. The SMILES string of the molecule is CCCCCCCCCCC(O)C1CCC(C(O)CCC(O)C2CCC(CCCCCCCCCC3=CC(C)OC3=O)O2)O1. The van der Waals surface area contributed by atoms with Crippen LogP contribution in [0.2, 0.25) is 0 Å². The Balaban J connectivity index is 1.15. The first-order valence-corrected chi connectivity index (χ1v) is 18.6. The van der Waals surface area contributed by atoms with Gasteiger partial charge in [-0.1, -0.05) is 96.8 Å². The first kappa shape index (κ1) is 37.5. The van der Waals surface area contributed by atoms with Gasteiger partial charge in [-0.3, -0.25) is 0 Å². The molecule has 2 saturated heterocycles. The Bertz CT molecular complexity index is 801. The van der Waals surface area contributed by atoms with E-state index in [-0.39, 0.29) is 36.5 Å². The zero-order chi connectivity index (χ0) is 31.6. The number of aliphatic hydroxyl groups is 3. The molecule has 0 radical (unpaired) electrons. The Hall–Kier alpha value is -0.990. The number of unbranched alkanes of at least 4 members (excludes halogenated alkanes) is 13. The number of hydrogen-bond donors (Lipinski definition) is 3. The molecule has 7 heteroatoms. The van der Waals surface area contributed by atoms with Crippen LogP contribution in [0.5, 0.6) is 0 Å². The molecule has 0 aliphatic carbocycles. The Morgan fingerprint density at radius 2 is 1.16 bits per heavy atom. The second-order valence-electron chi connectivity index (χ2n) is 14.0. The van der Waals surface area contributed by atoms with Crippen LogP contribution in [0, 0.1) is 0 Å². The van der Waals surface area contributed by atoms with Gasteiger partial charge in [-0.05, 0) is 77.2 Å². The minimum Gasteiger partial charge on any atom is -0.455 e. The molecular weight excluding hydrogens is 556 g/mol. The topological polar surface area (TPSA) is 105 Å². The zero-order valence-corrected chi connectivity index (χ0v) is 28.1. The molecule has 0 spiro atoms. The zero-order valence-electron chi connectivity index (χ0n) is 28.1. The van der Waals surface area contributed by atoms with Crippen LogP contribution >= 0.6 is 0 Å². The lowest BCUT2D eigenvalue weighted by Crippen LogP contribution is -2.33. The molecule has 8 unspecified atom stereocenters. The largest absolute Gasteiger partial charge is 0.455 e. The summed E-state index contributed by atoms with van der Waals surface area (Å²) < 4.78 is 17.4. The van der Waals surface area contributed by atoms with Gasteiger partial charge in [-0.15, -0.1) is 0 Å². The Morgan fingerprint density at radius 1 is 0.659 bits per heavy atom. The van der Waals surface area contributed by atoms with Crippen LogP contribution in [0.25, 0.3) is 0 Å². The minimum atomic E-state index is -0.609. The van der Waals surface area contributed by atoms with E-state index in [9.17, 15) is 20.1 Å². The number of rotatable bonds is 25. The second kappa shape index (κ2) is 21.7. The molecule has 3 N–H and O–H groups in total. The molecule has 0 aromatic carbocycles. The molecule has 0 aromatic heterocycles. The number of carbonyl (C=O) groups excluding carboxylic acids is 1. The highest BCUT2D eigenvalue weighted by atomic mass is 16.5. The van der Waals surface area contributed by atoms with Gasteiger partial charge in [0.25, 0.3) is 0 Å². The molecule has 3 rings (SSSR count). The molecule has 0 amide bonds. The lowest BCUT2D eigenvalue weighted by atomic mass is 9.98. The Morgan fingerprint density at radius 3 is 1.75 bits per heavy atom. The quantitative estimate of drug-likeness (QED) is 0.0703. The van der Waals surface area contributed by atoms with Crippen LogP contribution in [0.15, 0.2) is 11.6 Å². The third-order valence-electron chi connectivity index (χ3n) is 10.1. The molecular formula is C37H66O7. The third kappa shape index (κ3) is 14.2. The van der Waals surface area contributed by atoms with Gasteiger partial charge in [-0.25, -0.2) is 4.79 Å². The van der Waals surface area contributed by atoms with Crippen molar-refractivity contribution in [1.82, 2.24) is 0 Å². The van der Waals surface area contributed by atoms with Gasteiger partial charge in [0.2, 0.25) is 0 Å². The molecule has 3 aliphatic heterocycles. The van der Waals surface area contributed by atoms with Crippen LogP contribution in [-0.4, -0.2) is 70.1 Å². The van der Waals surface area contributed by atoms with Gasteiger partial charge in [0.15, 0.2) is 0 Å². The highest BCUT2D eigenvalue weighted by Crippen LogP contribution is 2.31. The van der Waals surface area contributed by atoms with E-state index >= 15 is 0 Å². The van der Waals surface area contributed by atoms with E-state index in [1.54, 1.807) is 0 Å². The summed E-state index contributed by atoms with van der Waals surface area (Å²) in [6.07, 6.45) is 25.4. The highest BCUT2D eigenvalue weighted by molar-refractivity contribution is 5.90. The monoisotopic (exact) mass is 622 g/mol. The summed E-state index contributed by atoms with van der Waals surface area (Å²) in [5.74, 6) is -0.133. The summed E-state index contributed by atoms with van der Waals surface area (Å²) in [7, 11) is 0. The molecule has 256 valence electrons. The summed E-state index contributed by atoms with van der Waals surface area (Å²) in [5, 5.41) is 32.1. The predicted molar refractivity (Wildman–Crippen MR) is 175 cm³/mol. The molecule has 3 aliphatic rings. The summed E-state index contributed by atoms with van der Waals surface area (Å²) in [4.78, 5) is 11.7. The number of hydrogen-bond acceptors (Lipinski definition) is 7. The van der Waals surface area contributed by atoms with Gasteiger partial charge in [0.05, 0.1) is 42.7 Å². The smallest absolute Gasteiger partial charge is 0.334 e. The van der Waals surface area contributed by atoms with Gasteiger partial charge < -0.3 is 29.5 Å². The predicted octanol–water partition coefficient (Wildman–Crippen LogP) is 7.86. The van der Waals surface area contributed by atoms with Crippen molar-refractivity contribution in [2.45, 2.75) is 217 Å². The molecule has 44 heavy (non-hydrogen) atoms. The van der Waals surface area contributed by atoms with E-state index < -0.39 is 18.3 Å². The number of aliphatic hydroxyl groups excluding tert-OH is 3. The van der Waals surface area contributed by atoms with Crippen LogP contribution < -0.4 is 0 Å². The van der Waals surface area contributed by atoms with Gasteiger partial charge >= 0.3 is 5.97 Å². The van der Waals surface area contributed by atoms with E-state index in [1.807, 2.05) is 13.0 Å². The minimum absolute atomic E-state index is 0.0617. The standard InChI is InChI=1S/C37H66O7/c1-3-4-5-6-7-11-14-17-20-31(38)35-25-26-36(44-35)33(40)23-22-32(39)34-24-21-30(43-34)19-16-13-10-8-9-12-15-18-29-27-28(2)42-37(29)41/h27-28,30-36,38-40H,3-26H2,1-2H3. The molecule has 7 nitrogen and oxygen atoms in total. The van der Waals surface area contributed by atoms with Crippen molar-refractivity contribution < 1.29 is 34.3 Å². The molecule has 3 heterocycles. The fourth-order valence-electron chi connectivity index (χ4n) is 7.26. The van der Waals surface area contributed by atoms with E-state index in [0.29, 0.717) is 12.8 Å². The summed E-state index contributed by atoms with van der Waals surface area (Å²) in [5.41, 5.74) is 0.852. The van der Waals surface area contributed by atoms with Gasteiger partial charge in [0, 0.05) is 5.57 Å². The van der Waals surface area contributed by atoms with Crippen molar-refractivity contribution in [2.24, 2.45) is 0 Å². The van der Waals surface area contributed by atoms with E-state index in [1.165, 1.54) is 70.6 Å². The molecule has 0 aromatic rings. The van der Waals surface area contributed by atoms with Crippen molar-refractivity contribution in [1.29, 1.82) is 0 Å². The Kier molecular flexibility index (Phi) is 18.5. The van der Waals surface area contributed by atoms with Gasteiger partial charge in [-0.2, -0.15) is 0 Å². The van der Waals surface area contributed by atoms with Crippen molar-refractivity contribution in [2.75, 3.05) is 0 Å². The summed E-state index contributed by atoms with van der Waals surface area (Å²) >= 11 is 0. The number of cyclic esters (lactones) is 1. The number of carbonyl (C=O) groups is 1. The van der Waals surface area contributed by atoms with Gasteiger partial charge in [0.1, 0.15) is 6.10 Å². The molecule has 0 bridgehead atoms. The van der Waals surface area contributed by atoms with Crippen molar-refractivity contribution in [3.8, 4) is 0 Å². The first-order valence-electron chi connectivity index (χ1n) is 18.6. The number of esters is 1. The lowest BCUT2D eigenvalue weighted by molar-refractivity contribution is -0.139. The van der Waals surface area contributed by atoms with Crippen molar-refractivity contribution in [3.63, 3.8) is 0 Å². The van der Waals surface area contributed by atoms with Crippen molar-refractivity contribution >= 4 is 5.97 Å². The fourth-order valence-corrected chi connectivity index (χ4v) is 7.26. The van der Waals surface area contributed by atoms with Crippen LogP contribution in [0.1, 0.15) is 168 Å². The maximum absolute atomic E-state index is 11.7. The van der Waals surface area contributed by atoms with Crippen LogP contribution in [0.4, 0.5) is 0 Å². The maximum atomic E-state index is 11.7. The molecule has 2 fully saturated rings. The van der Waals surface area contributed by atoms with Crippen molar-refractivity contribution in [3.05, 3.63) is 11.6 Å². The third-order valence-corrected chi connectivity index (χ3v) is 10.1. The average molecular weight is 623 g/mol. The normalized spacial score (nSPS) is 27.4. The molecule has 8 atom stereocenters. The molecule has 0 saturated carbocycles. The summed E-state index contributed by atoms with van der Waals surface area (Å²) in [6, 6.07) is 0. The van der Waals surface area contributed by atoms with E-state index in [4.69, 9.17) is 14.2 Å². The number of ether oxygens (including phenoxy) is 3. The first-order chi connectivity index (χ1) is 21.4. The Labute approximate surface area is 268 Å². The summed E-state index contributed by atoms with van der Waals surface area (Å²) in [6.45, 7) is 4.15. The fraction of sp³-hybridized carbons (Fsp3) is 0.919. The average Bonchev–Trinajstić information content (AvgIpc) is 3.76. The van der Waals surface area contributed by atoms with E-state index in [0.717, 1.165) is 76.2 Å². The van der Waals surface area contributed by atoms with Crippen LogP contribution in [0.3, 0.4) is 0 Å². The van der Waals surface area contributed by atoms with Crippen LogP contribution in [-0.2, 0) is 19.0 Å². The second-order valence-corrected chi connectivity index (χ2v) is 14.0. The lowest BCUT2D eigenvalue weighted by Gasteiger charge is -2.24. The van der Waals surface area contributed by atoms with E-state index in [2.05, 4.69) is 6.92 Å².